The van der Waals surface area contributed by atoms with Gasteiger partial charge in [-0.25, -0.2) is 0 Å². The lowest BCUT2D eigenvalue weighted by atomic mass is 10.1. The molecule has 0 aliphatic heterocycles. The first-order valence-corrected chi connectivity index (χ1v) is 11.5. The van der Waals surface area contributed by atoms with Gasteiger partial charge in [-0.05, 0) is 24.1 Å². The monoisotopic (exact) mass is 476 g/mol. The van der Waals surface area contributed by atoms with Gasteiger partial charge in [0.05, 0.1) is 0 Å². The van der Waals surface area contributed by atoms with Crippen LogP contribution in [0.4, 0.5) is 5.13 Å². The first-order chi connectivity index (χ1) is 15.0. The summed E-state index contributed by atoms with van der Waals surface area (Å²) in [6.45, 7) is 2.78. The number of carbonyl (C=O) groups excluding carboxylic acids is 2. The Balaban J connectivity index is 1.56. The fourth-order valence-corrected chi connectivity index (χ4v) is 4.10. The summed E-state index contributed by atoms with van der Waals surface area (Å²) in [6, 6.07) is 16.4. The first-order valence-electron chi connectivity index (χ1n) is 9.85. The van der Waals surface area contributed by atoms with Crippen molar-refractivity contribution in [1.82, 2.24) is 15.1 Å². The summed E-state index contributed by atoms with van der Waals surface area (Å²) in [6.07, 6.45) is 0.909. The number of halogens is 2. The van der Waals surface area contributed by atoms with Crippen LogP contribution in [-0.2, 0) is 9.59 Å². The molecule has 1 heterocycles. The van der Waals surface area contributed by atoms with E-state index in [1.54, 1.807) is 17.0 Å². The van der Waals surface area contributed by atoms with Gasteiger partial charge in [-0.3, -0.25) is 9.59 Å². The highest BCUT2D eigenvalue weighted by molar-refractivity contribution is 7.18. The number of rotatable bonds is 9. The molecule has 0 radical (unpaired) electrons. The summed E-state index contributed by atoms with van der Waals surface area (Å²) >= 11 is 13.6. The van der Waals surface area contributed by atoms with Crippen molar-refractivity contribution in [2.75, 3.05) is 18.4 Å². The Morgan fingerprint density at radius 1 is 1.06 bits per heavy atom. The molecule has 1 aromatic heterocycles. The van der Waals surface area contributed by atoms with E-state index in [4.69, 9.17) is 23.2 Å². The summed E-state index contributed by atoms with van der Waals surface area (Å²) in [7, 11) is 0. The van der Waals surface area contributed by atoms with Crippen LogP contribution >= 0.6 is 34.5 Å². The van der Waals surface area contributed by atoms with Crippen molar-refractivity contribution in [2.45, 2.75) is 25.1 Å². The Morgan fingerprint density at radius 3 is 2.45 bits per heavy atom. The highest BCUT2D eigenvalue weighted by Gasteiger charge is 2.24. The molecule has 3 aromatic rings. The van der Waals surface area contributed by atoms with E-state index in [9.17, 15) is 9.59 Å². The van der Waals surface area contributed by atoms with Gasteiger partial charge < -0.3 is 10.2 Å². The van der Waals surface area contributed by atoms with Crippen LogP contribution in [0.1, 0.15) is 30.7 Å². The standard InChI is InChI=1S/C22H22Cl2N4O2S/c1-2-13-28(21(30)19(24)15-6-4-3-5-7-15)14-12-18(29)25-22-27-26-20(31-22)16-8-10-17(23)11-9-16/h3-11,19H,2,12-14H2,1H3,(H,25,27,29)/t19-/m0/s1. The second kappa shape index (κ2) is 11.2. The van der Waals surface area contributed by atoms with Gasteiger partial charge in [0.15, 0.2) is 0 Å². The highest BCUT2D eigenvalue weighted by Crippen LogP contribution is 2.27. The van der Waals surface area contributed by atoms with Crippen molar-refractivity contribution < 1.29 is 9.59 Å². The third-order valence-corrected chi connectivity index (χ3v) is 6.06. The maximum Gasteiger partial charge on any atom is 0.245 e. The van der Waals surface area contributed by atoms with Gasteiger partial charge in [0.2, 0.25) is 16.9 Å². The van der Waals surface area contributed by atoms with Gasteiger partial charge in [0, 0.05) is 30.1 Å². The predicted molar refractivity (Wildman–Crippen MR) is 126 cm³/mol. The average Bonchev–Trinajstić information content (AvgIpc) is 3.25. The Hall–Kier alpha value is -2.48. The molecule has 0 saturated carbocycles. The minimum Gasteiger partial charge on any atom is -0.341 e. The number of alkyl halides is 1. The first kappa shape index (κ1) is 23.2. The van der Waals surface area contributed by atoms with Gasteiger partial charge >= 0.3 is 0 Å². The van der Waals surface area contributed by atoms with Gasteiger partial charge in [0.1, 0.15) is 10.4 Å². The fraction of sp³-hybridized carbons (Fsp3) is 0.273. The molecule has 31 heavy (non-hydrogen) atoms. The molecule has 2 amide bonds. The number of carbonyl (C=O) groups is 2. The van der Waals surface area contributed by atoms with Crippen LogP contribution in [0.5, 0.6) is 0 Å². The van der Waals surface area contributed by atoms with Gasteiger partial charge in [0.25, 0.3) is 0 Å². The van der Waals surface area contributed by atoms with Gasteiger partial charge in [-0.1, -0.05) is 72.3 Å². The van der Waals surface area contributed by atoms with Gasteiger partial charge in [-0.2, -0.15) is 0 Å². The Morgan fingerprint density at radius 2 is 1.77 bits per heavy atom. The summed E-state index contributed by atoms with van der Waals surface area (Å²) in [5.74, 6) is -0.443. The SMILES string of the molecule is CCCN(CCC(=O)Nc1nnc(-c2ccc(Cl)cc2)s1)C(=O)[C@@H](Cl)c1ccccc1. The molecular formula is C22H22Cl2N4O2S. The molecule has 0 fully saturated rings. The van der Waals surface area contributed by atoms with E-state index in [1.165, 1.54) is 11.3 Å². The van der Waals surface area contributed by atoms with Crippen molar-refractivity contribution in [2.24, 2.45) is 0 Å². The van der Waals surface area contributed by atoms with Crippen LogP contribution in [0.25, 0.3) is 10.6 Å². The van der Waals surface area contributed by atoms with Crippen molar-refractivity contribution >= 4 is 51.5 Å². The number of nitrogens with one attached hydrogen (secondary N) is 1. The largest absolute Gasteiger partial charge is 0.341 e. The lowest BCUT2D eigenvalue weighted by Gasteiger charge is -2.24. The van der Waals surface area contributed by atoms with Crippen molar-refractivity contribution in [1.29, 1.82) is 0 Å². The minimum atomic E-state index is -0.777. The molecule has 0 aliphatic rings. The molecule has 0 saturated heterocycles. The summed E-state index contributed by atoms with van der Waals surface area (Å²) in [5, 5.41) is 11.8. The number of nitrogens with zero attached hydrogens (tertiary/aromatic N) is 3. The topological polar surface area (TPSA) is 75.2 Å². The van der Waals surface area contributed by atoms with Crippen LogP contribution in [0.2, 0.25) is 5.02 Å². The fourth-order valence-electron chi connectivity index (χ4n) is 2.93. The van der Waals surface area contributed by atoms with E-state index in [2.05, 4.69) is 15.5 Å². The molecule has 0 bridgehead atoms. The maximum atomic E-state index is 12.8. The molecule has 1 N–H and O–H groups in total. The third kappa shape index (κ3) is 6.50. The van der Waals surface area contributed by atoms with Gasteiger partial charge in [-0.15, -0.1) is 21.8 Å². The molecule has 9 heteroatoms. The molecule has 2 aromatic carbocycles. The normalized spacial score (nSPS) is 11.7. The van der Waals surface area contributed by atoms with Crippen molar-refractivity contribution in [3.05, 3.63) is 65.2 Å². The van der Waals surface area contributed by atoms with Crippen LogP contribution < -0.4 is 5.32 Å². The zero-order valence-corrected chi connectivity index (χ0v) is 19.3. The summed E-state index contributed by atoms with van der Waals surface area (Å²) in [4.78, 5) is 26.9. The number of hydrogen-bond donors (Lipinski definition) is 1. The number of benzene rings is 2. The summed E-state index contributed by atoms with van der Waals surface area (Å²) < 4.78 is 0. The smallest absolute Gasteiger partial charge is 0.245 e. The molecule has 0 aliphatic carbocycles. The number of anilines is 1. The predicted octanol–water partition coefficient (Wildman–Crippen LogP) is 5.41. The summed E-state index contributed by atoms with van der Waals surface area (Å²) in [5.41, 5.74) is 1.61. The van der Waals surface area contributed by atoms with E-state index in [0.717, 1.165) is 17.5 Å². The second-order valence-electron chi connectivity index (χ2n) is 6.82. The maximum absolute atomic E-state index is 12.8. The number of hydrogen-bond acceptors (Lipinski definition) is 5. The zero-order chi connectivity index (χ0) is 22.2. The van der Waals surface area contributed by atoms with E-state index < -0.39 is 5.38 Å². The molecule has 1 atom stereocenters. The Bertz CT molecular complexity index is 1010. The molecule has 0 unspecified atom stereocenters. The van der Waals surface area contributed by atoms with E-state index in [-0.39, 0.29) is 24.8 Å². The minimum absolute atomic E-state index is 0.139. The highest BCUT2D eigenvalue weighted by atomic mass is 35.5. The van der Waals surface area contributed by atoms with Crippen LogP contribution in [0, 0.1) is 0 Å². The molecule has 3 rings (SSSR count). The van der Waals surface area contributed by atoms with Crippen LogP contribution in [0.15, 0.2) is 54.6 Å². The average molecular weight is 477 g/mol. The van der Waals surface area contributed by atoms with E-state index in [0.29, 0.717) is 21.7 Å². The zero-order valence-electron chi connectivity index (χ0n) is 16.9. The molecule has 162 valence electrons. The number of aromatic nitrogens is 2. The molecule has 6 nitrogen and oxygen atoms in total. The lowest BCUT2D eigenvalue weighted by Crippen LogP contribution is -2.36. The number of amides is 2. The molecular weight excluding hydrogens is 455 g/mol. The second-order valence-corrected chi connectivity index (χ2v) is 8.67. The quantitative estimate of drug-likeness (QED) is 0.419. The Labute approximate surface area is 195 Å². The molecule has 0 spiro atoms. The van der Waals surface area contributed by atoms with Crippen LogP contribution in [0.3, 0.4) is 0 Å². The van der Waals surface area contributed by atoms with Crippen molar-refractivity contribution in [3.63, 3.8) is 0 Å². The Kier molecular flexibility index (Phi) is 8.40. The lowest BCUT2D eigenvalue weighted by molar-refractivity contribution is -0.131. The van der Waals surface area contributed by atoms with Crippen LogP contribution in [-0.4, -0.2) is 40.0 Å². The van der Waals surface area contributed by atoms with Crippen molar-refractivity contribution in [3.8, 4) is 10.6 Å². The van der Waals surface area contributed by atoms with E-state index >= 15 is 0 Å². The third-order valence-electron chi connectivity index (χ3n) is 4.49. The van der Waals surface area contributed by atoms with E-state index in [1.807, 2.05) is 49.4 Å².